The average Bonchev–Trinajstić information content (AvgIpc) is 3.42. The van der Waals surface area contributed by atoms with Crippen molar-refractivity contribution in [2.75, 3.05) is 27.2 Å². The number of ether oxygens (including phenoxy) is 1. The molecule has 43 heavy (non-hydrogen) atoms. The first-order valence-electron chi connectivity index (χ1n) is 15.2. The van der Waals surface area contributed by atoms with E-state index >= 15 is 0 Å². The highest BCUT2D eigenvalue weighted by Gasteiger charge is 2.43. The molecule has 0 aromatic heterocycles. The lowest BCUT2D eigenvalue weighted by molar-refractivity contribution is -0.164. The highest BCUT2D eigenvalue weighted by atomic mass is 16.5. The molecule has 0 saturated carbocycles. The molecular weight excluding hydrogens is 558 g/mol. The minimum atomic E-state index is -1.36. The van der Waals surface area contributed by atoms with Crippen LogP contribution < -0.4 is 10.6 Å². The molecule has 2 aliphatic rings. The molecule has 2 saturated heterocycles. The third-order valence-corrected chi connectivity index (χ3v) is 8.44. The molecule has 2 heterocycles. The number of likely N-dealkylation sites (N-methyl/N-ethyl adjacent to an activating group) is 2. The molecule has 13 heteroatoms. The Morgan fingerprint density at radius 3 is 2.16 bits per heavy atom. The predicted octanol–water partition coefficient (Wildman–Crippen LogP) is 0.431. The standard InChI is InChI=1S/C30H51N5O8/c1-10-18(4)23-28(40)34(9)24(17(2)3)29(41)33(8)19(5)25(37)31-14-13-22(36)43-21(16-30(6,7)42)27(39)35-15-11-12-20(35)26(38)32-23/h17-21,23-24,42H,10-16H2,1-9H3,(H,31,37)(H,32,38). The van der Waals surface area contributed by atoms with Crippen LogP contribution in [0.5, 0.6) is 0 Å². The molecule has 2 rings (SSSR count). The van der Waals surface area contributed by atoms with Crippen molar-refractivity contribution in [1.82, 2.24) is 25.3 Å². The van der Waals surface area contributed by atoms with Gasteiger partial charge in [-0.25, -0.2) is 0 Å². The Balaban J connectivity index is 2.56. The van der Waals surface area contributed by atoms with Gasteiger partial charge in [0.1, 0.15) is 24.2 Å². The number of carbonyl (C=O) groups is 6. The van der Waals surface area contributed by atoms with Gasteiger partial charge in [-0.3, -0.25) is 28.8 Å². The number of hydrogen-bond donors (Lipinski definition) is 3. The van der Waals surface area contributed by atoms with Gasteiger partial charge >= 0.3 is 5.97 Å². The van der Waals surface area contributed by atoms with Crippen molar-refractivity contribution in [1.29, 1.82) is 0 Å². The van der Waals surface area contributed by atoms with Crippen molar-refractivity contribution in [3.05, 3.63) is 0 Å². The first kappa shape index (κ1) is 36.0. The second-order valence-electron chi connectivity index (χ2n) is 12.9. The zero-order valence-electron chi connectivity index (χ0n) is 27.1. The number of amides is 5. The van der Waals surface area contributed by atoms with Gasteiger partial charge in [0.05, 0.1) is 12.0 Å². The van der Waals surface area contributed by atoms with Crippen LogP contribution >= 0.6 is 0 Å². The maximum atomic E-state index is 13.9. The summed E-state index contributed by atoms with van der Waals surface area (Å²) >= 11 is 0. The number of carbonyl (C=O) groups excluding carboxylic acids is 6. The van der Waals surface area contributed by atoms with Gasteiger partial charge in [0, 0.05) is 33.6 Å². The summed E-state index contributed by atoms with van der Waals surface area (Å²) in [4.78, 5) is 84.6. The Bertz CT molecular complexity index is 1060. The van der Waals surface area contributed by atoms with Crippen molar-refractivity contribution in [3.8, 4) is 0 Å². The third-order valence-electron chi connectivity index (χ3n) is 8.44. The summed E-state index contributed by atoms with van der Waals surface area (Å²) in [5.41, 5.74) is -1.36. The first-order valence-corrected chi connectivity index (χ1v) is 15.2. The molecular formula is C30H51N5O8. The van der Waals surface area contributed by atoms with Crippen molar-refractivity contribution >= 4 is 35.5 Å². The van der Waals surface area contributed by atoms with E-state index in [0.29, 0.717) is 19.3 Å². The normalized spacial score (nSPS) is 28.5. The number of nitrogens with one attached hydrogen (secondary N) is 2. The second-order valence-corrected chi connectivity index (χ2v) is 12.9. The summed E-state index contributed by atoms with van der Waals surface area (Å²) in [5.74, 6) is -3.91. The molecule has 244 valence electrons. The van der Waals surface area contributed by atoms with Crippen LogP contribution in [-0.2, 0) is 33.5 Å². The number of fused-ring (bicyclic) bond motifs is 1. The number of hydrogen-bond acceptors (Lipinski definition) is 8. The summed E-state index contributed by atoms with van der Waals surface area (Å²) in [5, 5.41) is 15.9. The van der Waals surface area contributed by atoms with Crippen LogP contribution in [0.2, 0.25) is 0 Å². The van der Waals surface area contributed by atoms with Crippen LogP contribution in [-0.4, -0.2) is 118 Å². The van der Waals surface area contributed by atoms with Crippen LogP contribution in [0.15, 0.2) is 0 Å². The summed E-state index contributed by atoms with van der Waals surface area (Å²) in [6.45, 7) is 12.0. The lowest BCUT2D eigenvalue weighted by atomic mass is 9.94. The maximum Gasteiger partial charge on any atom is 0.308 e. The van der Waals surface area contributed by atoms with Gasteiger partial charge in [-0.2, -0.15) is 0 Å². The fourth-order valence-electron chi connectivity index (χ4n) is 5.54. The highest BCUT2D eigenvalue weighted by Crippen LogP contribution is 2.25. The van der Waals surface area contributed by atoms with E-state index in [1.165, 1.54) is 42.6 Å². The van der Waals surface area contributed by atoms with Crippen LogP contribution in [0.1, 0.15) is 80.6 Å². The molecule has 0 aromatic rings. The fourth-order valence-corrected chi connectivity index (χ4v) is 5.54. The van der Waals surface area contributed by atoms with E-state index < -0.39 is 71.4 Å². The molecule has 6 unspecified atom stereocenters. The number of nitrogens with zero attached hydrogens (tertiary/aromatic N) is 3. The average molecular weight is 610 g/mol. The first-order chi connectivity index (χ1) is 19.9. The van der Waals surface area contributed by atoms with Gasteiger partial charge in [-0.1, -0.05) is 34.1 Å². The van der Waals surface area contributed by atoms with Crippen molar-refractivity contribution in [3.63, 3.8) is 0 Å². The van der Waals surface area contributed by atoms with Gasteiger partial charge in [0.25, 0.3) is 5.91 Å². The predicted molar refractivity (Wildman–Crippen MR) is 158 cm³/mol. The van der Waals surface area contributed by atoms with Crippen LogP contribution in [0, 0.1) is 11.8 Å². The van der Waals surface area contributed by atoms with Gasteiger partial charge in [0.2, 0.25) is 23.6 Å². The molecule has 5 amide bonds. The summed E-state index contributed by atoms with van der Waals surface area (Å²) in [6.07, 6.45) is -0.383. The van der Waals surface area contributed by atoms with Gasteiger partial charge < -0.3 is 35.2 Å². The Labute approximate surface area is 255 Å². The minimum absolute atomic E-state index is 0.106. The molecule has 0 spiro atoms. The molecule has 2 fully saturated rings. The van der Waals surface area contributed by atoms with Crippen molar-refractivity contribution < 1.29 is 38.6 Å². The number of rotatable bonds is 5. The smallest absolute Gasteiger partial charge is 0.308 e. The fraction of sp³-hybridized carbons (Fsp3) is 0.800. The lowest BCUT2D eigenvalue weighted by Crippen LogP contribution is -2.61. The Morgan fingerprint density at radius 2 is 1.60 bits per heavy atom. The summed E-state index contributed by atoms with van der Waals surface area (Å²) in [7, 11) is 3.00. The van der Waals surface area contributed by atoms with Crippen LogP contribution in [0.3, 0.4) is 0 Å². The molecule has 2 aliphatic heterocycles. The SMILES string of the molecule is CCC(C)C1NC(=O)C2CCCN2C(=O)C(CC(C)(C)O)OC(=O)CCNC(=O)C(C)N(C)C(=O)C(C(C)C)N(C)C1=O. The molecule has 0 aliphatic carbocycles. The lowest BCUT2D eigenvalue weighted by Gasteiger charge is -2.38. The molecule has 0 bridgehead atoms. The summed E-state index contributed by atoms with van der Waals surface area (Å²) < 4.78 is 5.50. The zero-order chi connectivity index (χ0) is 32.8. The summed E-state index contributed by atoms with van der Waals surface area (Å²) in [6, 6.07) is -3.72. The van der Waals surface area contributed by atoms with Gasteiger partial charge in [-0.05, 0) is 45.4 Å². The van der Waals surface area contributed by atoms with E-state index in [2.05, 4.69) is 10.6 Å². The van der Waals surface area contributed by atoms with Crippen molar-refractivity contribution in [2.24, 2.45) is 11.8 Å². The minimum Gasteiger partial charge on any atom is -0.452 e. The van der Waals surface area contributed by atoms with E-state index in [0.717, 1.165) is 0 Å². The molecule has 3 N–H and O–H groups in total. The molecule has 13 nitrogen and oxygen atoms in total. The molecule has 6 atom stereocenters. The second kappa shape index (κ2) is 15.0. The maximum absolute atomic E-state index is 13.9. The van der Waals surface area contributed by atoms with E-state index in [1.54, 1.807) is 20.8 Å². The topological polar surface area (TPSA) is 166 Å². The molecule has 0 aromatic carbocycles. The van der Waals surface area contributed by atoms with Crippen molar-refractivity contribution in [2.45, 2.75) is 116 Å². The third kappa shape index (κ3) is 9.14. The van der Waals surface area contributed by atoms with E-state index in [-0.39, 0.29) is 37.8 Å². The highest BCUT2D eigenvalue weighted by molar-refractivity contribution is 5.96. The number of cyclic esters (lactones) is 1. The van der Waals surface area contributed by atoms with Gasteiger partial charge in [-0.15, -0.1) is 0 Å². The van der Waals surface area contributed by atoms with Crippen LogP contribution in [0.25, 0.3) is 0 Å². The largest absolute Gasteiger partial charge is 0.452 e. The van der Waals surface area contributed by atoms with Crippen LogP contribution in [0.4, 0.5) is 0 Å². The number of aliphatic hydroxyl groups is 1. The monoisotopic (exact) mass is 609 g/mol. The molecule has 0 radical (unpaired) electrons. The zero-order valence-corrected chi connectivity index (χ0v) is 27.1. The quantitative estimate of drug-likeness (QED) is 0.378. The van der Waals surface area contributed by atoms with E-state index in [1.807, 2.05) is 13.8 Å². The number of esters is 1. The van der Waals surface area contributed by atoms with E-state index in [9.17, 15) is 33.9 Å². The van der Waals surface area contributed by atoms with E-state index in [4.69, 9.17) is 4.74 Å². The Morgan fingerprint density at radius 1 is 0.977 bits per heavy atom. The Hall–Kier alpha value is -3.22. The Kier molecular flexibility index (Phi) is 12.5. The van der Waals surface area contributed by atoms with Gasteiger partial charge in [0.15, 0.2) is 6.10 Å².